The summed E-state index contributed by atoms with van der Waals surface area (Å²) in [7, 11) is 5.00. The van der Waals surface area contributed by atoms with Crippen LogP contribution in [0.25, 0.3) is 0 Å². The van der Waals surface area contributed by atoms with Crippen LogP contribution in [0, 0.1) is 0 Å². The number of rotatable bonds is 5. The molecule has 0 radical (unpaired) electrons. The zero-order chi connectivity index (χ0) is 17.8. The molecule has 1 heterocycles. The van der Waals surface area contributed by atoms with Gasteiger partial charge in [0.05, 0.1) is 21.3 Å². The van der Waals surface area contributed by atoms with Crippen molar-refractivity contribution in [2.75, 3.05) is 39.3 Å². The van der Waals surface area contributed by atoms with Gasteiger partial charge in [0.15, 0.2) is 11.5 Å². The molecular weight excluding hydrogens is 352 g/mol. The average molecular weight is 379 g/mol. The van der Waals surface area contributed by atoms with E-state index in [0.717, 1.165) is 42.4 Å². The molecule has 3 rings (SSSR count). The van der Waals surface area contributed by atoms with Gasteiger partial charge in [0.1, 0.15) is 5.75 Å². The Hall–Kier alpha value is -2.11. The molecule has 1 fully saturated rings. The Balaban J connectivity index is 0.00000243. The van der Waals surface area contributed by atoms with Crippen molar-refractivity contribution >= 4 is 18.1 Å². The number of ether oxygens (including phenoxy) is 3. The second-order valence-corrected chi connectivity index (χ2v) is 6.32. The minimum atomic E-state index is 0. The molecule has 0 bridgehead atoms. The average Bonchev–Trinajstić information content (AvgIpc) is 2.67. The first kappa shape index (κ1) is 20.2. The largest absolute Gasteiger partial charge is 0.497 e. The maximum absolute atomic E-state index is 6.43. The molecule has 5 nitrogen and oxygen atoms in total. The van der Waals surface area contributed by atoms with Gasteiger partial charge in [-0.15, -0.1) is 12.4 Å². The zero-order valence-corrected chi connectivity index (χ0v) is 16.3. The Morgan fingerprint density at radius 3 is 2.42 bits per heavy atom. The second-order valence-electron chi connectivity index (χ2n) is 6.32. The van der Waals surface area contributed by atoms with Crippen molar-refractivity contribution in [1.29, 1.82) is 0 Å². The van der Waals surface area contributed by atoms with Gasteiger partial charge in [-0.1, -0.05) is 12.1 Å². The van der Waals surface area contributed by atoms with Gasteiger partial charge in [-0.25, -0.2) is 0 Å². The fraction of sp³-hybridized carbons (Fsp3) is 0.400. The van der Waals surface area contributed by atoms with E-state index < -0.39 is 0 Å². The first-order chi connectivity index (χ1) is 12.2. The number of anilines is 1. The van der Waals surface area contributed by atoms with Gasteiger partial charge in [0.25, 0.3) is 0 Å². The van der Waals surface area contributed by atoms with Crippen molar-refractivity contribution in [3.8, 4) is 17.2 Å². The maximum Gasteiger partial charge on any atom is 0.162 e. The minimum Gasteiger partial charge on any atom is -0.497 e. The third-order valence-corrected chi connectivity index (χ3v) is 4.92. The van der Waals surface area contributed by atoms with Crippen LogP contribution in [-0.2, 0) is 0 Å². The zero-order valence-electron chi connectivity index (χ0n) is 15.5. The van der Waals surface area contributed by atoms with Crippen LogP contribution < -0.4 is 24.8 Å². The van der Waals surface area contributed by atoms with Crippen molar-refractivity contribution in [3.05, 3.63) is 48.0 Å². The molecule has 0 aromatic heterocycles. The summed E-state index contributed by atoms with van der Waals surface area (Å²) in [6.45, 7) is 1.79. The summed E-state index contributed by atoms with van der Waals surface area (Å²) in [6, 6.07) is 14.4. The standard InChI is InChI=1S/C20H26N2O3.ClH/c1-23-16-6-4-5-14(11-16)17-13-22(10-9-18(17)21)15-7-8-19(24-2)20(12-15)25-3;/h4-8,11-12,17-18H,9-10,13,21H2,1-3H3;1H/t17-,18+;/m1./s1. The lowest BCUT2D eigenvalue weighted by molar-refractivity contribution is 0.354. The van der Waals surface area contributed by atoms with Crippen LogP contribution in [0.4, 0.5) is 5.69 Å². The molecule has 2 aromatic rings. The number of hydrogen-bond donors (Lipinski definition) is 1. The number of nitrogens with two attached hydrogens (primary N) is 1. The topological polar surface area (TPSA) is 57.0 Å². The van der Waals surface area contributed by atoms with Crippen LogP contribution in [0.2, 0.25) is 0 Å². The quantitative estimate of drug-likeness (QED) is 0.863. The highest BCUT2D eigenvalue weighted by Gasteiger charge is 2.28. The predicted molar refractivity (Wildman–Crippen MR) is 107 cm³/mol. The first-order valence-electron chi connectivity index (χ1n) is 8.52. The highest BCUT2D eigenvalue weighted by Crippen LogP contribution is 2.35. The molecule has 2 atom stereocenters. The van der Waals surface area contributed by atoms with Crippen LogP contribution in [0.3, 0.4) is 0 Å². The summed E-state index contributed by atoms with van der Waals surface area (Å²) in [5.74, 6) is 2.61. The fourth-order valence-corrected chi connectivity index (χ4v) is 3.45. The summed E-state index contributed by atoms with van der Waals surface area (Å²) in [5, 5.41) is 0. The highest BCUT2D eigenvalue weighted by atomic mass is 35.5. The molecule has 0 aliphatic carbocycles. The van der Waals surface area contributed by atoms with Gasteiger partial charge in [0, 0.05) is 36.8 Å². The second kappa shape index (κ2) is 9.01. The van der Waals surface area contributed by atoms with E-state index in [1.807, 2.05) is 24.3 Å². The molecule has 0 unspecified atom stereocenters. The lowest BCUT2D eigenvalue weighted by atomic mass is 9.86. The smallest absolute Gasteiger partial charge is 0.162 e. The van der Waals surface area contributed by atoms with Crippen LogP contribution >= 0.6 is 12.4 Å². The Kier molecular flexibility index (Phi) is 7.00. The van der Waals surface area contributed by atoms with Crippen molar-refractivity contribution in [3.63, 3.8) is 0 Å². The molecule has 1 aliphatic rings. The molecule has 0 spiro atoms. The Morgan fingerprint density at radius 1 is 0.962 bits per heavy atom. The molecule has 2 aromatic carbocycles. The van der Waals surface area contributed by atoms with E-state index in [9.17, 15) is 0 Å². The number of benzene rings is 2. The molecule has 142 valence electrons. The SMILES string of the molecule is COc1cccc([C@H]2CN(c3ccc(OC)c(OC)c3)CC[C@@H]2N)c1.Cl. The highest BCUT2D eigenvalue weighted by molar-refractivity contribution is 5.85. The van der Waals surface area contributed by atoms with Gasteiger partial charge in [-0.3, -0.25) is 0 Å². The van der Waals surface area contributed by atoms with Crippen molar-refractivity contribution in [2.24, 2.45) is 5.73 Å². The molecule has 1 saturated heterocycles. The number of nitrogens with zero attached hydrogens (tertiary/aromatic N) is 1. The summed E-state index contributed by atoms with van der Waals surface area (Å²) in [5.41, 5.74) is 8.77. The Morgan fingerprint density at radius 2 is 1.73 bits per heavy atom. The van der Waals surface area contributed by atoms with Crippen molar-refractivity contribution in [2.45, 2.75) is 18.4 Å². The fourth-order valence-electron chi connectivity index (χ4n) is 3.45. The molecule has 1 aliphatic heterocycles. The minimum absolute atomic E-state index is 0. The molecule has 0 saturated carbocycles. The van der Waals surface area contributed by atoms with Crippen LogP contribution in [0.5, 0.6) is 17.2 Å². The van der Waals surface area contributed by atoms with E-state index >= 15 is 0 Å². The van der Waals surface area contributed by atoms with E-state index in [1.165, 1.54) is 5.56 Å². The molecule has 26 heavy (non-hydrogen) atoms. The third-order valence-electron chi connectivity index (χ3n) is 4.92. The van der Waals surface area contributed by atoms with Gasteiger partial charge >= 0.3 is 0 Å². The van der Waals surface area contributed by atoms with Crippen LogP contribution in [-0.4, -0.2) is 40.5 Å². The van der Waals surface area contributed by atoms with Crippen molar-refractivity contribution in [1.82, 2.24) is 0 Å². The lowest BCUT2D eigenvalue weighted by Gasteiger charge is -2.38. The maximum atomic E-state index is 6.43. The number of hydrogen-bond acceptors (Lipinski definition) is 5. The summed E-state index contributed by atoms with van der Waals surface area (Å²) >= 11 is 0. The monoisotopic (exact) mass is 378 g/mol. The van der Waals surface area contributed by atoms with Gasteiger partial charge in [-0.05, 0) is 36.2 Å². The van der Waals surface area contributed by atoms with E-state index in [0.29, 0.717) is 0 Å². The first-order valence-corrected chi connectivity index (χ1v) is 8.52. The molecule has 6 heteroatoms. The van der Waals surface area contributed by atoms with Gasteiger partial charge < -0.3 is 24.8 Å². The number of halogens is 1. The van der Waals surface area contributed by atoms with Crippen LogP contribution in [0.15, 0.2) is 42.5 Å². The van der Waals surface area contributed by atoms with E-state index in [-0.39, 0.29) is 24.4 Å². The summed E-state index contributed by atoms with van der Waals surface area (Å²) in [4.78, 5) is 2.36. The van der Waals surface area contributed by atoms with Gasteiger partial charge in [0.2, 0.25) is 0 Å². The van der Waals surface area contributed by atoms with Gasteiger partial charge in [-0.2, -0.15) is 0 Å². The summed E-state index contributed by atoms with van der Waals surface area (Å²) < 4.78 is 16.1. The Bertz CT molecular complexity index is 726. The Labute approximate surface area is 161 Å². The molecule has 0 amide bonds. The van der Waals surface area contributed by atoms with Crippen molar-refractivity contribution < 1.29 is 14.2 Å². The lowest BCUT2D eigenvalue weighted by Crippen LogP contribution is -2.45. The normalized spacial score (nSPS) is 19.5. The van der Waals surface area contributed by atoms with E-state index in [4.69, 9.17) is 19.9 Å². The predicted octanol–water partition coefficient (Wildman–Crippen LogP) is 3.46. The molecular formula is C20H27ClN2O3. The molecule has 2 N–H and O–H groups in total. The number of piperidine rings is 1. The third kappa shape index (κ3) is 4.17. The van der Waals surface area contributed by atoms with Crippen LogP contribution in [0.1, 0.15) is 17.9 Å². The summed E-state index contributed by atoms with van der Waals surface area (Å²) in [6.07, 6.45) is 0.941. The number of methoxy groups -OCH3 is 3. The van der Waals surface area contributed by atoms with E-state index in [1.54, 1.807) is 21.3 Å². The van der Waals surface area contributed by atoms with E-state index in [2.05, 4.69) is 23.1 Å².